The van der Waals surface area contributed by atoms with Crippen LogP contribution < -0.4 is 0 Å². The summed E-state index contributed by atoms with van der Waals surface area (Å²) in [6.07, 6.45) is -4.50. The normalized spacial score (nSPS) is 11.9. The van der Waals surface area contributed by atoms with Crippen LogP contribution in [0, 0.1) is 6.92 Å². The largest absolute Gasteiger partial charge is 0.435 e. The number of hydrogen-bond donors (Lipinski definition) is 1. The molecule has 0 saturated heterocycles. The second kappa shape index (κ2) is 4.70. The fourth-order valence-corrected chi connectivity index (χ4v) is 1.98. The van der Waals surface area contributed by atoms with E-state index in [9.17, 15) is 13.2 Å². The molecule has 1 aromatic carbocycles. The maximum absolute atomic E-state index is 13.0. The van der Waals surface area contributed by atoms with Crippen molar-refractivity contribution < 1.29 is 18.3 Å². The van der Waals surface area contributed by atoms with E-state index in [0.29, 0.717) is 16.8 Å². The van der Waals surface area contributed by atoms with Crippen molar-refractivity contribution in [1.29, 1.82) is 0 Å². The third-order valence-electron chi connectivity index (χ3n) is 3.00. The summed E-state index contributed by atoms with van der Waals surface area (Å²) in [5, 5.41) is 12.6. The molecule has 2 aromatic rings. The molecule has 0 amide bonds. The van der Waals surface area contributed by atoms with Crippen LogP contribution in [0.2, 0.25) is 0 Å². The summed E-state index contributed by atoms with van der Waals surface area (Å²) in [4.78, 5) is 0. The topological polar surface area (TPSA) is 38.1 Å². The molecule has 0 saturated carbocycles. The van der Waals surface area contributed by atoms with E-state index in [4.69, 9.17) is 5.11 Å². The van der Waals surface area contributed by atoms with E-state index in [1.807, 2.05) is 0 Å². The molecule has 3 nitrogen and oxygen atoms in total. The molecular formula is C13H13F3N2O. The molecular weight excluding hydrogens is 257 g/mol. The van der Waals surface area contributed by atoms with Gasteiger partial charge in [0.05, 0.1) is 6.61 Å². The predicted molar refractivity (Wildman–Crippen MR) is 64.3 cm³/mol. The minimum atomic E-state index is -4.50. The molecule has 0 aliphatic rings. The fourth-order valence-electron chi connectivity index (χ4n) is 1.98. The Bertz CT molecular complexity index is 602. The van der Waals surface area contributed by atoms with Crippen LogP contribution in [-0.2, 0) is 19.8 Å². The fraction of sp³-hybridized carbons (Fsp3) is 0.308. The molecule has 0 aliphatic heterocycles. The Balaban J connectivity index is 2.67. The Morgan fingerprint density at radius 2 is 2.00 bits per heavy atom. The van der Waals surface area contributed by atoms with Crippen LogP contribution in [-0.4, -0.2) is 14.9 Å². The third-order valence-corrected chi connectivity index (χ3v) is 3.00. The first-order valence-electron chi connectivity index (χ1n) is 5.65. The van der Waals surface area contributed by atoms with E-state index < -0.39 is 11.9 Å². The number of nitrogens with zero attached hydrogens (tertiary/aromatic N) is 2. The number of alkyl halides is 3. The zero-order valence-electron chi connectivity index (χ0n) is 10.5. The van der Waals surface area contributed by atoms with E-state index in [2.05, 4.69) is 5.10 Å². The number of benzene rings is 1. The van der Waals surface area contributed by atoms with Gasteiger partial charge in [-0.2, -0.15) is 18.3 Å². The molecule has 0 radical (unpaired) electrons. The lowest BCUT2D eigenvalue weighted by Gasteiger charge is -2.08. The Hall–Kier alpha value is -1.82. The summed E-state index contributed by atoms with van der Waals surface area (Å²) in [7, 11) is 1.48. The smallest absolute Gasteiger partial charge is 0.392 e. The van der Waals surface area contributed by atoms with Gasteiger partial charge in [0, 0.05) is 18.3 Å². The number of aryl methyl sites for hydroxylation is 1. The Kier molecular flexibility index (Phi) is 3.36. The molecule has 0 aliphatic carbocycles. The van der Waals surface area contributed by atoms with Gasteiger partial charge >= 0.3 is 6.18 Å². The van der Waals surface area contributed by atoms with Crippen LogP contribution >= 0.6 is 0 Å². The van der Waals surface area contributed by atoms with Crippen molar-refractivity contribution in [2.45, 2.75) is 19.7 Å². The van der Waals surface area contributed by atoms with Gasteiger partial charge in [0.2, 0.25) is 0 Å². The highest BCUT2D eigenvalue weighted by Gasteiger charge is 2.38. The van der Waals surface area contributed by atoms with Crippen LogP contribution in [0.5, 0.6) is 0 Å². The lowest BCUT2D eigenvalue weighted by molar-refractivity contribution is -0.140. The van der Waals surface area contributed by atoms with Crippen molar-refractivity contribution >= 4 is 0 Å². The average Bonchev–Trinajstić information content (AvgIpc) is 2.66. The van der Waals surface area contributed by atoms with E-state index in [1.165, 1.54) is 11.7 Å². The molecule has 0 unspecified atom stereocenters. The van der Waals surface area contributed by atoms with Gasteiger partial charge in [0.25, 0.3) is 0 Å². The quantitative estimate of drug-likeness (QED) is 0.911. The van der Waals surface area contributed by atoms with E-state index in [1.54, 1.807) is 31.2 Å². The second-order valence-corrected chi connectivity index (χ2v) is 4.29. The highest BCUT2D eigenvalue weighted by Crippen LogP contribution is 2.38. The number of rotatable bonds is 2. The Morgan fingerprint density at radius 1 is 1.32 bits per heavy atom. The molecule has 6 heteroatoms. The van der Waals surface area contributed by atoms with Crippen molar-refractivity contribution in [2.75, 3.05) is 0 Å². The number of aliphatic hydroxyl groups is 1. The van der Waals surface area contributed by atoms with Crippen LogP contribution in [0.3, 0.4) is 0 Å². The van der Waals surface area contributed by atoms with Crippen LogP contribution in [0.4, 0.5) is 13.2 Å². The van der Waals surface area contributed by atoms with Gasteiger partial charge in [-0.3, -0.25) is 4.68 Å². The van der Waals surface area contributed by atoms with Crippen molar-refractivity contribution in [3.63, 3.8) is 0 Å². The summed E-state index contributed by atoms with van der Waals surface area (Å²) in [6, 6.07) is 6.40. The summed E-state index contributed by atoms with van der Waals surface area (Å²) in [6.45, 7) is 1.37. The summed E-state index contributed by atoms with van der Waals surface area (Å²) >= 11 is 0. The zero-order chi connectivity index (χ0) is 14.2. The lowest BCUT2D eigenvalue weighted by atomic mass is 10.0. The number of halogens is 3. The van der Waals surface area contributed by atoms with Crippen LogP contribution in [0.25, 0.3) is 11.1 Å². The molecule has 1 aromatic heterocycles. The predicted octanol–water partition coefficient (Wildman–Crippen LogP) is 2.91. The third kappa shape index (κ3) is 2.49. The van der Waals surface area contributed by atoms with Crippen molar-refractivity contribution in [1.82, 2.24) is 9.78 Å². The molecule has 0 spiro atoms. The molecule has 0 bridgehead atoms. The van der Waals surface area contributed by atoms with Crippen LogP contribution in [0.15, 0.2) is 24.3 Å². The van der Waals surface area contributed by atoms with E-state index >= 15 is 0 Å². The van der Waals surface area contributed by atoms with Crippen LogP contribution in [0.1, 0.15) is 17.0 Å². The molecule has 102 valence electrons. The first-order valence-corrected chi connectivity index (χ1v) is 5.65. The SMILES string of the molecule is Cc1c(-c2cccc(CO)c2)c(C(F)(F)F)nn1C. The minimum absolute atomic E-state index is 0.0605. The first kappa shape index (κ1) is 13.6. The molecule has 1 heterocycles. The molecule has 19 heavy (non-hydrogen) atoms. The number of aliphatic hydroxyl groups excluding tert-OH is 1. The van der Waals surface area contributed by atoms with E-state index in [0.717, 1.165) is 0 Å². The highest BCUT2D eigenvalue weighted by atomic mass is 19.4. The van der Waals surface area contributed by atoms with Gasteiger partial charge in [-0.05, 0) is 24.1 Å². The maximum Gasteiger partial charge on any atom is 0.435 e. The standard InChI is InChI=1S/C13H13F3N2O/c1-8-11(10-5-3-4-9(6-10)7-19)12(13(14,15)16)17-18(8)2/h3-6,19H,7H2,1-2H3. The number of aromatic nitrogens is 2. The van der Waals surface area contributed by atoms with Crippen molar-refractivity contribution in [3.05, 3.63) is 41.2 Å². The summed E-state index contributed by atoms with van der Waals surface area (Å²) in [5.74, 6) is 0. The van der Waals surface area contributed by atoms with Gasteiger partial charge in [-0.25, -0.2) is 0 Å². The van der Waals surface area contributed by atoms with Gasteiger partial charge < -0.3 is 5.11 Å². The molecule has 1 N–H and O–H groups in total. The summed E-state index contributed by atoms with van der Waals surface area (Å²) < 4.78 is 40.2. The monoisotopic (exact) mass is 270 g/mol. The number of hydrogen-bond acceptors (Lipinski definition) is 2. The minimum Gasteiger partial charge on any atom is -0.392 e. The average molecular weight is 270 g/mol. The van der Waals surface area contributed by atoms with E-state index in [-0.39, 0.29) is 12.2 Å². The Morgan fingerprint density at radius 3 is 2.58 bits per heavy atom. The summed E-state index contributed by atoms with van der Waals surface area (Å²) in [5.41, 5.74) is 0.564. The molecule has 2 rings (SSSR count). The second-order valence-electron chi connectivity index (χ2n) is 4.29. The first-order chi connectivity index (χ1) is 8.84. The maximum atomic E-state index is 13.0. The lowest BCUT2D eigenvalue weighted by Crippen LogP contribution is -2.08. The van der Waals surface area contributed by atoms with Gasteiger partial charge in [-0.15, -0.1) is 0 Å². The van der Waals surface area contributed by atoms with Crippen molar-refractivity contribution in [3.8, 4) is 11.1 Å². The van der Waals surface area contributed by atoms with Gasteiger partial charge in [-0.1, -0.05) is 18.2 Å². The molecule has 0 atom stereocenters. The molecule has 0 fully saturated rings. The Labute approximate surface area is 108 Å². The van der Waals surface area contributed by atoms with Crippen molar-refractivity contribution in [2.24, 2.45) is 7.05 Å². The zero-order valence-corrected chi connectivity index (χ0v) is 10.5. The highest BCUT2D eigenvalue weighted by molar-refractivity contribution is 5.69. The van der Waals surface area contributed by atoms with Gasteiger partial charge in [0.15, 0.2) is 5.69 Å². The van der Waals surface area contributed by atoms with Gasteiger partial charge in [0.1, 0.15) is 0 Å².